The van der Waals surface area contributed by atoms with E-state index in [2.05, 4.69) is 5.32 Å². The summed E-state index contributed by atoms with van der Waals surface area (Å²) in [5.41, 5.74) is 4.76. The van der Waals surface area contributed by atoms with Gasteiger partial charge in [0, 0.05) is 0 Å². The molecule has 2 aromatic rings. The van der Waals surface area contributed by atoms with Crippen LogP contribution in [0, 0.1) is 29.1 Å². The zero-order valence-electron chi connectivity index (χ0n) is 15.0. The molecule has 0 aromatic heterocycles. The van der Waals surface area contributed by atoms with Crippen molar-refractivity contribution in [3.05, 3.63) is 47.3 Å². The number of hydrogen-bond acceptors (Lipinski definition) is 6. The number of rotatable bonds is 7. The highest BCUT2D eigenvalue weighted by Crippen LogP contribution is 2.31. The summed E-state index contributed by atoms with van der Waals surface area (Å²) < 4.78 is 98.7. The largest absolute Gasteiger partial charge is 0.495 e. The summed E-state index contributed by atoms with van der Waals surface area (Å²) in [6.07, 6.45) is 0. The molecular formula is C16H14F5N3O5S. The predicted molar refractivity (Wildman–Crippen MR) is 93.7 cm³/mol. The molecule has 0 heterocycles. The summed E-state index contributed by atoms with van der Waals surface area (Å²) in [7, 11) is -4.08. The average molecular weight is 455 g/mol. The number of sulfonamides is 1. The quantitative estimate of drug-likeness (QED) is 0.284. The van der Waals surface area contributed by atoms with Crippen LogP contribution < -0.4 is 20.5 Å². The normalized spacial score (nSPS) is 12.4. The van der Waals surface area contributed by atoms with Crippen molar-refractivity contribution >= 4 is 27.3 Å². The van der Waals surface area contributed by atoms with Crippen LogP contribution in [0.3, 0.4) is 0 Å². The van der Waals surface area contributed by atoms with Gasteiger partial charge in [0.1, 0.15) is 11.8 Å². The molecule has 1 amide bonds. The fourth-order valence-electron chi connectivity index (χ4n) is 2.20. The van der Waals surface area contributed by atoms with Gasteiger partial charge >= 0.3 is 0 Å². The molecule has 0 aliphatic rings. The molecule has 2 aromatic carbocycles. The summed E-state index contributed by atoms with van der Waals surface area (Å²) in [5, 5.41) is 11.1. The zero-order chi connectivity index (χ0) is 22.8. The number of hydrogen-bond donors (Lipinski definition) is 4. The second-order valence-corrected chi connectivity index (χ2v) is 7.32. The van der Waals surface area contributed by atoms with Crippen LogP contribution in [-0.4, -0.2) is 39.2 Å². The van der Waals surface area contributed by atoms with Crippen LogP contribution in [0.5, 0.6) is 5.75 Å². The lowest BCUT2D eigenvalue weighted by molar-refractivity contribution is -0.118. The molecule has 1 atom stereocenters. The van der Waals surface area contributed by atoms with Crippen LogP contribution in [0.4, 0.5) is 33.3 Å². The van der Waals surface area contributed by atoms with E-state index in [1.54, 1.807) is 4.72 Å². The number of methoxy groups -OCH3 is 1. The van der Waals surface area contributed by atoms with Crippen molar-refractivity contribution in [2.45, 2.75) is 10.9 Å². The minimum Gasteiger partial charge on any atom is -0.495 e. The monoisotopic (exact) mass is 455 g/mol. The molecule has 0 bridgehead atoms. The van der Waals surface area contributed by atoms with Gasteiger partial charge in [0.15, 0.2) is 28.2 Å². The van der Waals surface area contributed by atoms with Gasteiger partial charge in [-0.3, -0.25) is 9.52 Å². The van der Waals surface area contributed by atoms with Crippen LogP contribution >= 0.6 is 0 Å². The Hall–Kier alpha value is -2.97. The van der Waals surface area contributed by atoms with Gasteiger partial charge in [0.05, 0.1) is 25.1 Å². The topological polar surface area (TPSA) is 131 Å². The number of nitrogens with one attached hydrogen (secondary N) is 2. The van der Waals surface area contributed by atoms with E-state index in [9.17, 15) is 35.2 Å². The van der Waals surface area contributed by atoms with Crippen LogP contribution in [-0.2, 0) is 14.8 Å². The van der Waals surface area contributed by atoms with Crippen LogP contribution in [0.1, 0.15) is 0 Å². The van der Waals surface area contributed by atoms with Crippen molar-refractivity contribution in [2.24, 2.45) is 5.73 Å². The number of carbonyl (C=O) groups is 1. The Balaban J connectivity index is 2.48. The van der Waals surface area contributed by atoms with Gasteiger partial charge in [-0.25, -0.2) is 30.4 Å². The van der Waals surface area contributed by atoms with Gasteiger partial charge < -0.3 is 20.9 Å². The maximum absolute atomic E-state index is 13.8. The second-order valence-electron chi connectivity index (χ2n) is 5.70. The maximum Gasteiger partial charge on any atom is 0.267 e. The third-order valence-corrected chi connectivity index (χ3v) is 5.08. The first-order valence-electron chi connectivity index (χ1n) is 7.84. The molecule has 0 saturated carbocycles. The van der Waals surface area contributed by atoms with E-state index in [1.165, 1.54) is 7.11 Å². The van der Waals surface area contributed by atoms with Gasteiger partial charge in [0.2, 0.25) is 11.7 Å². The van der Waals surface area contributed by atoms with Gasteiger partial charge in [-0.1, -0.05) is 0 Å². The van der Waals surface area contributed by atoms with Crippen molar-refractivity contribution in [1.82, 2.24) is 0 Å². The lowest BCUT2D eigenvalue weighted by Crippen LogP contribution is -2.38. The van der Waals surface area contributed by atoms with Crippen molar-refractivity contribution < 1.29 is 45.0 Å². The molecule has 0 unspecified atom stereocenters. The Morgan fingerprint density at radius 2 is 1.63 bits per heavy atom. The fourth-order valence-corrected chi connectivity index (χ4v) is 3.39. The predicted octanol–water partition coefficient (Wildman–Crippen LogP) is 1.45. The van der Waals surface area contributed by atoms with Gasteiger partial charge in [0.25, 0.3) is 10.0 Å². The summed E-state index contributed by atoms with van der Waals surface area (Å²) in [6, 6.07) is 1.77. The molecule has 0 radical (unpaired) electrons. The molecule has 14 heteroatoms. The number of anilines is 2. The Labute approximate surface area is 166 Å². The number of halogens is 5. The minimum atomic E-state index is -5.29. The molecular weight excluding hydrogens is 441 g/mol. The van der Waals surface area contributed by atoms with Gasteiger partial charge in [-0.2, -0.15) is 0 Å². The number of aliphatic hydroxyl groups excluding tert-OH is 1. The van der Waals surface area contributed by atoms with Gasteiger partial charge in [-0.05, 0) is 18.2 Å². The number of benzene rings is 2. The molecule has 0 saturated heterocycles. The van der Waals surface area contributed by atoms with E-state index < -0.39 is 68.2 Å². The first-order valence-corrected chi connectivity index (χ1v) is 9.32. The fraction of sp³-hybridized carbons (Fsp3) is 0.188. The molecule has 0 fully saturated rings. The van der Waals surface area contributed by atoms with E-state index in [0.717, 1.165) is 18.2 Å². The molecule has 30 heavy (non-hydrogen) atoms. The third-order valence-electron chi connectivity index (χ3n) is 3.68. The van der Waals surface area contributed by atoms with E-state index in [-0.39, 0.29) is 11.4 Å². The maximum atomic E-state index is 13.8. The molecule has 0 aliphatic carbocycles. The summed E-state index contributed by atoms with van der Waals surface area (Å²) in [5.74, 6) is -13.4. The number of carbonyl (C=O) groups excluding carboxylic acids is 1. The van der Waals surface area contributed by atoms with Crippen LogP contribution in [0.2, 0.25) is 0 Å². The number of nitrogens with two attached hydrogens (primary N) is 1. The van der Waals surface area contributed by atoms with Crippen molar-refractivity contribution in [3.8, 4) is 5.75 Å². The number of aliphatic hydroxyl groups is 1. The molecule has 0 spiro atoms. The summed E-state index contributed by atoms with van der Waals surface area (Å²) >= 11 is 0. The standard InChI is InChI=1S/C16H14F5N3O5S/c1-29-9-3-2-6(4-8(9)23-16(26)7(22)5-25)24-30(27,28)15-13(20)11(18)10(17)12(19)14(15)21/h2-4,7,24-25H,5,22H2,1H3,(H,23,26)/t7-/m0/s1. The lowest BCUT2D eigenvalue weighted by Gasteiger charge is -2.15. The molecule has 0 aliphatic heterocycles. The van der Waals surface area contributed by atoms with E-state index in [1.807, 2.05) is 0 Å². The van der Waals surface area contributed by atoms with E-state index in [0.29, 0.717) is 0 Å². The highest BCUT2D eigenvalue weighted by Gasteiger charge is 2.33. The Morgan fingerprint density at radius 1 is 1.10 bits per heavy atom. The second kappa shape index (κ2) is 8.81. The first-order chi connectivity index (χ1) is 13.9. The van der Waals surface area contributed by atoms with Crippen molar-refractivity contribution in [2.75, 3.05) is 23.8 Å². The first kappa shape index (κ1) is 23.3. The smallest absolute Gasteiger partial charge is 0.267 e. The Kier molecular flexibility index (Phi) is 6.84. The lowest BCUT2D eigenvalue weighted by atomic mass is 10.2. The minimum absolute atomic E-state index is 0.00710. The third kappa shape index (κ3) is 4.44. The number of amides is 1. The molecule has 164 valence electrons. The Bertz CT molecular complexity index is 1070. The molecule has 2 rings (SSSR count). The zero-order valence-corrected chi connectivity index (χ0v) is 15.8. The van der Waals surface area contributed by atoms with E-state index >= 15 is 0 Å². The highest BCUT2D eigenvalue weighted by molar-refractivity contribution is 7.92. The van der Waals surface area contributed by atoms with E-state index in [4.69, 9.17) is 15.6 Å². The summed E-state index contributed by atoms with van der Waals surface area (Å²) in [6.45, 7) is -0.708. The van der Waals surface area contributed by atoms with Gasteiger partial charge in [-0.15, -0.1) is 0 Å². The average Bonchev–Trinajstić information content (AvgIpc) is 2.69. The molecule has 8 nitrogen and oxygen atoms in total. The Morgan fingerprint density at radius 3 is 2.13 bits per heavy atom. The van der Waals surface area contributed by atoms with Crippen LogP contribution in [0.15, 0.2) is 23.1 Å². The molecule has 5 N–H and O–H groups in total. The number of ether oxygens (including phenoxy) is 1. The highest BCUT2D eigenvalue weighted by atomic mass is 32.2. The summed E-state index contributed by atoms with van der Waals surface area (Å²) in [4.78, 5) is 9.74. The van der Waals surface area contributed by atoms with Crippen molar-refractivity contribution in [3.63, 3.8) is 0 Å². The SMILES string of the molecule is COc1ccc(NS(=O)(=O)c2c(F)c(F)c(F)c(F)c2F)cc1NC(=O)[C@@H](N)CO. The van der Waals surface area contributed by atoms with Crippen LogP contribution in [0.25, 0.3) is 0 Å². The van der Waals surface area contributed by atoms with Crippen molar-refractivity contribution in [1.29, 1.82) is 0 Å².